The Morgan fingerprint density at radius 3 is 2.47 bits per heavy atom. The topological polar surface area (TPSA) is 0 Å². The van der Waals surface area contributed by atoms with Crippen LogP contribution in [0.4, 0.5) is 0 Å². The first-order valence-corrected chi connectivity index (χ1v) is 7.34. The van der Waals surface area contributed by atoms with Gasteiger partial charge in [-0.1, -0.05) is 48.5 Å². The maximum atomic E-state index is 3.78. The second-order valence-electron chi connectivity index (χ2n) is 5.79. The van der Waals surface area contributed by atoms with E-state index in [4.69, 9.17) is 0 Å². The Kier molecular flexibility index (Phi) is 2.69. The minimum absolute atomic E-state index is 0.610. The molecule has 0 N–H and O–H groups in total. The summed E-state index contributed by atoms with van der Waals surface area (Å²) in [4.78, 5) is 0. The van der Waals surface area contributed by atoms with Gasteiger partial charge in [-0.25, -0.2) is 0 Å². The van der Waals surface area contributed by atoms with E-state index in [1.165, 1.54) is 36.8 Å². The minimum Gasteiger partial charge on any atom is -0.0620 e. The van der Waals surface area contributed by atoms with Crippen molar-refractivity contribution in [3.63, 3.8) is 0 Å². The Morgan fingerprint density at radius 2 is 1.53 bits per heavy atom. The SMILES string of the molecule is [C]1c2ccccc2CCC1C1CCc2ccccc21. The van der Waals surface area contributed by atoms with Crippen molar-refractivity contribution in [1.82, 2.24) is 0 Å². The average molecular weight is 246 g/mol. The van der Waals surface area contributed by atoms with Crippen LogP contribution in [0.15, 0.2) is 48.5 Å². The number of hydrogen-bond donors (Lipinski definition) is 0. The van der Waals surface area contributed by atoms with Gasteiger partial charge in [0.05, 0.1) is 0 Å². The molecule has 0 nitrogen and oxygen atoms in total. The molecule has 2 atom stereocenters. The molecule has 0 saturated heterocycles. The quantitative estimate of drug-likeness (QED) is 0.699. The van der Waals surface area contributed by atoms with Crippen LogP contribution in [0.1, 0.15) is 41.0 Å². The van der Waals surface area contributed by atoms with Crippen LogP contribution in [0.2, 0.25) is 0 Å². The molecule has 2 radical (unpaired) electrons. The summed E-state index contributed by atoms with van der Waals surface area (Å²) < 4.78 is 0. The largest absolute Gasteiger partial charge is 0.0620 e. The predicted molar refractivity (Wildman–Crippen MR) is 78.1 cm³/mol. The van der Waals surface area contributed by atoms with Gasteiger partial charge in [-0.15, -0.1) is 0 Å². The zero-order chi connectivity index (χ0) is 12.7. The molecule has 0 fully saturated rings. The maximum Gasteiger partial charge on any atom is 0.0207 e. The first kappa shape index (κ1) is 11.3. The Hall–Kier alpha value is -1.56. The van der Waals surface area contributed by atoms with Crippen LogP contribution in [0.25, 0.3) is 0 Å². The third-order valence-electron chi connectivity index (χ3n) is 4.75. The summed E-state index contributed by atoms with van der Waals surface area (Å²) >= 11 is 0. The Labute approximate surface area is 115 Å². The molecule has 0 aromatic heterocycles. The number of benzene rings is 2. The molecule has 94 valence electrons. The van der Waals surface area contributed by atoms with E-state index in [1.807, 2.05) is 0 Å². The van der Waals surface area contributed by atoms with Gasteiger partial charge in [0.15, 0.2) is 0 Å². The van der Waals surface area contributed by atoms with Gasteiger partial charge in [-0.3, -0.25) is 0 Å². The van der Waals surface area contributed by atoms with Crippen LogP contribution in [0.3, 0.4) is 0 Å². The van der Waals surface area contributed by atoms with E-state index in [9.17, 15) is 0 Å². The first-order valence-electron chi connectivity index (χ1n) is 7.34. The lowest BCUT2D eigenvalue weighted by molar-refractivity contribution is 0.436. The smallest absolute Gasteiger partial charge is 0.0207 e. The molecular weight excluding hydrogens is 228 g/mol. The molecule has 4 rings (SSSR count). The summed E-state index contributed by atoms with van der Waals surface area (Å²) in [6, 6.07) is 17.7. The molecular formula is C19H18. The summed E-state index contributed by atoms with van der Waals surface area (Å²) in [6.07, 6.45) is 8.81. The molecule has 2 aliphatic carbocycles. The lowest BCUT2D eigenvalue weighted by Crippen LogP contribution is -2.18. The number of hydrogen-bond acceptors (Lipinski definition) is 0. The molecule has 0 heteroatoms. The number of fused-ring (bicyclic) bond motifs is 2. The van der Waals surface area contributed by atoms with Gasteiger partial charge in [0.1, 0.15) is 0 Å². The van der Waals surface area contributed by atoms with Gasteiger partial charge in [0.2, 0.25) is 0 Å². The lowest BCUT2D eigenvalue weighted by Gasteiger charge is -2.29. The molecule has 0 saturated carbocycles. The van der Waals surface area contributed by atoms with E-state index in [1.54, 1.807) is 11.1 Å². The van der Waals surface area contributed by atoms with Crippen molar-refractivity contribution in [3.8, 4) is 0 Å². The minimum atomic E-state index is 0.610. The molecule has 19 heavy (non-hydrogen) atoms. The van der Waals surface area contributed by atoms with Crippen molar-refractivity contribution in [2.24, 2.45) is 5.92 Å². The monoisotopic (exact) mass is 246 g/mol. The van der Waals surface area contributed by atoms with Crippen molar-refractivity contribution in [2.45, 2.75) is 31.6 Å². The highest BCUT2D eigenvalue weighted by atomic mass is 14.4. The molecule has 0 spiro atoms. The fraction of sp³-hybridized carbons (Fsp3) is 0.316. The van der Waals surface area contributed by atoms with Crippen LogP contribution in [-0.2, 0) is 12.8 Å². The molecule has 0 aliphatic heterocycles. The van der Waals surface area contributed by atoms with E-state index >= 15 is 0 Å². The van der Waals surface area contributed by atoms with Crippen LogP contribution in [-0.4, -0.2) is 0 Å². The molecule has 2 aromatic rings. The zero-order valence-electron chi connectivity index (χ0n) is 11.1. The van der Waals surface area contributed by atoms with E-state index < -0.39 is 0 Å². The highest BCUT2D eigenvalue weighted by molar-refractivity contribution is 5.41. The summed E-state index contributed by atoms with van der Waals surface area (Å²) in [5.41, 5.74) is 5.97. The average Bonchev–Trinajstić information content (AvgIpc) is 2.91. The fourth-order valence-electron chi connectivity index (χ4n) is 3.77. The maximum absolute atomic E-state index is 3.78. The third kappa shape index (κ3) is 1.90. The molecule has 2 aliphatic rings. The van der Waals surface area contributed by atoms with Gasteiger partial charge < -0.3 is 0 Å². The molecule has 0 heterocycles. The van der Waals surface area contributed by atoms with Crippen molar-refractivity contribution < 1.29 is 0 Å². The Morgan fingerprint density at radius 1 is 0.789 bits per heavy atom. The van der Waals surface area contributed by atoms with Crippen molar-refractivity contribution in [1.29, 1.82) is 0 Å². The van der Waals surface area contributed by atoms with Gasteiger partial charge >= 0.3 is 0 Å². The van der Waals surface area contributed by atoms with Gasteiger partial charge in [-0.2, -0.15) is 0 Å². The second kappa shape index (κ2) is 4.52. The Bertz CT molecular complexity index is 596. The lowest BCUT2D eigenvalue weighted by atomic mass is 9.75. The van der Waals surface area contributed by atoms with E-state index in [0.29, 0.717) is 11.8 Å². The normalized spacial score (nSPS) is 24.8. The van der Waals surface area contributed by atoms with Gasteiger partial charge in [-0.05, 0) is 59.8 Å². The Balaban J connectivity index is 1.63. The zero-order valence-corrected chi connectivity index (χ0v) is 11.1. The summed E-state index contributed by atoms with van der Waals surface area (Å²) in [5, 5.41) is 0. The highest BCUT2D eigenvalue weighted by Crippen LogP contribution is 2.44. The van der Waals surface area contributed by atoms with Crippen molar-refractivity contribution >= 4 is 0 Å². The standard InChI is InChI=1S/C19H18/c1-2-7-16-13-17(10-9-14(16)5-1)19-12-11-15-6-3-4-8-18(15)19/h1-8,17,19H,9-12H2. The third-order valence-corrected chi connectivity index (χ3v) is 4.75. The van der Waals surface area contributed by atoms with Crippen LogP contribution in [0.5, 0.6) is 0 Å². The molecule has 2 aromatic carbocycles. The van der Waals surface area contributed by atoms with Crippen LogP contribution in [0, 0.1) is 12.3 Å². The number of rotatable bonds is 1. The first-order chi connectivity index (χ1) is 9.42. The predicted octanol–water partition coefficient (Wildman–Crippen LogP) is 4.41. The van der Waals surface area contributed by atoms with E-state index in [2.05, 4.69) is 55.0 Å². The van der Waals surface area contributed by atoms with Crippen molar-refractivity contribution in [3.05, 3.63) is 77.2 Å². The second-order valence-corrected chi connectivity index (χ2v) is 5.79. The molecule has 2 unspecified atom stereocenters. The number of aryl methyl sites for hydroxylation is 2. The van der Waals surface area contributed by atoms with Gasteiger partial charge in [0.25, 0.3) is 0 Å². The summed E-state index contributed by atoms with van der Waals surface area (Å²) in [6.45, 7) is 0. The highest BCUT2D eigenvalue weighted by Gasteiger charge is 2.32. The van der Waals surface area contributed by atoms with E-state index in [-0.39, 0.29) is 0 Å². The summed E-state index contributed by atoms with van der Waals surface area (Å²) in [5.74, 6) is 1.31. The molecule has 0 amide bonds. The van der Waals surface area contributed by atoms with E-state index in [0.717, 1.165) is 0 Å². The van der Waals surface area contributed by atoms with Gasteiger partial charge in [0, 0.05) is 6.42 Å². The van der Waals surface area contributed by atoms with Crippen LogP contribution < -0.4 is 0 Å². The fourth-order valence-corrected chi connectivity index (χ4v) is 3.77. The van der Waals surface area contributed by atoms with Crippen molar-refractivity contribution in [2.75, 3.05) is 0 Å². The summed E-state index contributed by atoms with van der Waals surface area (Å²) in [7, 11) is 0. The van der Waals surface area contributed by atoms with Crippen LogP contribution >= 0.6 is 0 Å². The molecule has 0 bridgehead atoms.